The number of anilines is 1. The Kier molecular flexibility index (Phi) is 2.43. The van der Waals surface area contributed by atoms with Crippen molar-refractivity contribution < 1.29 is 9.90 Å². The number of Topliss-reactive ketones (excluding diaryl/α,β-unsaturated/α-hetero) is 1. The minimum atomic E-state index is -1.56. The normalized spacial score (nSPS) is 23.6. The zero-order chi connectivity index (χ0) is 14.4. The van der Waals surface area contributed by atoms with E-state index in [1.807, 2.05) is 35.2 Å². The Morgan fingerprint density at radius 2 is 2.00 bits per heavy atom. The van der Waals surface area contributed by atoms with Gasteiger partial charge in [0.15, 0.2) is 17.3 Å². The number of nitrogens with zero attached hydrogens (tertiary/aromatic N) is 4. The van der Waals surface area contributed by atoms with Gasteiger partial charge in [0.1, 0.15) is 0 Å². The number of benzene rings is 1. The number of hydrogen-bond acceptors (Lipinski definition) is 6. The summed E-state index contributed by atoms with van der Waals surface area (Å²) in [6.45, 7) is 0.534. The summed E-state index contributed by atoms with van der Waals surface area (Å²) in [4.78, 5) is 18.8. The molecule has 1 aromatic carbocycles. The number of para-hydroxylation sites is 1. The van der Waals surface area contributed by atoms with Crippen LogP contribution in [0.1, 0.15) is 16.8 Å². The molecule has 0 spiro atoms. The molecule has 1 unspecified atom stereocenters. The molecule has 4 rings (SSSR count). The molecule has 2 aliphatic heterocycles. The molecule has 3 heterocycles. The van der Waals surface area contributed by atoms with Crippen LogP contribution in [0.4, 0.5) is 11.5 Å². The summed E-state index contributed by atoms with van der Waals surface area (Å²) >= 11 is 0. The van der Waals surface area contributed by atoms with Gasteiger partial charge in [0, 0.05) is 18.7 Å². The molecule has 104 valence electrons. The molecular formula is C15H12N4O2. The van der Waals surface area contributed by atoms with Crippen LogP contribution in [0.25, 0.3) is 0 Å². The zero-order valence-electron chi connectivity index (χ0n) is 11.1. The molecule has 0 saturated carbocycles. The van der Waals surface area contributed by atoms with Gasteiger partial charge in [-0.05, 0) is 18.2 Å². The van der Waals surface area contributed by atoms with Crippen LogP contribution in [-0.2, 0) is 0 Å². The first-order valence-corrected chi connectivity index (χ1v) is 6.71. The van der Waals surface area contributed by atoms with Crippen LogP contribution in [0.5, 0.6) is 0 Å². The average molecular weight is 280 g/mol. The van der Waals surface area contributed by atoms with Crippen molar-refractivity contribution in [3.63, 3.8) is 0 Å². The minimum absolute atomic E-state index is 0.269. The summed E-state index contributed by atoms with van der Waals surface area (Å²) in [5.41, 5.74) is -0.343. The van der Waals surface area contributed by atoms with Gasteiger partial charge >= 0.3 is 0 Å². The predicted molar refractivity (Wildman–Crippen MR) is 76.8 cm³/mol. The first-order valence-electron chi connectivity index (χ1n) is 6.71. The third-order valence-corrected chi connectivity index (χ3v) is 3.92. The standard InChI is InChI=1S/C15H12N4O2/c20-12-11-6-8-16-18-13(11)17-14-15(12,21)7-9-19(14)10-4-2-1-3-5-10/h1-6,8,21H,7,9H2. The second-order valence-electron chi connectivity index (χ2n) is 5.13. The van der Waals surface area contributed by atoms with E-state index in [2.05, 4.69) is 15.2 Å². The fraction of sp³-hybridized carbons (Fsp3) is 0.200. The van der Waals surface area contributed by atoms with Crippen molar-refractivity contribution in [3.8, 4) is 0 Å². The van der Waals surface area contributed by atoms with E-state index in [-0.39, 0.29) is 11.6 Å². The van der Waals surface area contributed by atoms with Crippen molar-refractivity contribution in [1.82, 2.24) is 10.2 Å². The molecular weight excluding hydrogens is 268 g/mol. The molecule has 2 aliphatic rings. The van der Waals surface area contributed by atoms with Crippen molar-refractivity contribution in [2.75, 3.05) is 11.4 Å². The number of carbonyl (C=O) groups is 1. The van der Waals surface area contributed by atoms with E-state index >= 15 is 0 Å². The Labute approximate surface area is 120 Å². The van der Waals surface area contributed by atoms with E-state index in [0.717, 1.165) is 5.69 Å². The van der Waals surface area contributed by atoms with E-state index in [0.29, 0.717) is 24.4 Å². The van der Waals surface area contributed by atoms with Gasteiger partial charge in [0.25, 0.3) is 0 Å². The van der Waals surface area contributed by atoms with Crippen molar-refractivity contribution >= 4 is 23.1 Å². The highest BCUT2D eigenvalue weighted by Crippen LogP contribution is 2.37. The molecule has 1 saturated heterocycles. The van der Waals surface area contributed by atoms with Gasteiger partial charge < -0.3 is 10.0 Å². The van der Waals surface area contributed by atoms with Crippen molar-refractivity contribution in [3.05, 3.63) is 48.2 Å². The van der Waals surface area contributed by atoms with Gasteiger partial charge in [-0.25, -0.2) is 4.99 Å². The number of amidine groups is 1. The van der Waals surface area contributed by atoms with E-state index < -0.39 is 5.60 Å². The highest BCUT2D eigenvalue weighted by molar-refractivity contribution is 6.28. The number of hydrogen-bond donors (Lipinski definition) is 1. The molecule has 0 radical (unpaired) electrons. The molecule has 6 heteroatoms. The first-order chi connectivity index (χ1) is 10.2. The molecule has 6 nitrogen and oxygen atoms in total. The summed E-state index contributed by atoms with van der Waals surface area (Å²) in [5.74, 6) is 0.257. The highest BCUT2D eigenvalue weighted by Gasteiger charge is 2.52. The Morgan fingerprint density at radius 1 is 1.19 bits per heavy atom. The SMILES string of the molecule is O=C1c2ccnnc2N=C2N(c3ccccc3)CCC12O. The molecule has 1 N–H and O–H groups in total. The summed E-state index contributed by atoms with van der Waals surface area (Å²) < 4.78 is 0. The third kappa shape index (κ3) is 1.62. The summed E-state index contributed by atoms with van der Waals surface area (Å²) in [6, 6.07) is 11.1. The number of rotatable bonds is 1. The number of fused-ring (bicyclic) bond motifs is 2. The van der Waals surface area contributed by atoms with E-state index in [4.69, 9.17) is 0 Å². The van der Waals surface area contributed by atoms with Crippen molar-refractivity contribution in [1.29, 1.82) is 0 Å². The maximum Gasteiger partial charge on any atom is 0.206 e. The number of aliphatic hydroxyl groups is 1. The Balaban J connectivity index is 1.88. The summed E-state index contributed by atoms with van der Waals surface area (Å²) in [7, 11) is 0. The monoisotopic (exact) mass is 280 g/mol. The van der Waals surface area contributed by atoms with Gasteiger partial charge in [-0.1, -0.05) is 18.2 Å². The number of aliphatic imine (C=N–C) groups is 1. The van der Waals surface area contributed by atoms with Gasteiger partial charge in [-0.3, -0.25) is 4.79 Å². The molecule has 0 aliphatic carbocycles. The lowest BCUT2D eigenvalue weighted by Gasteiger charge is -2.28. The van der Waals surface area contributed by atoms with E-state index in [9.17, 15) is 9.90 Å². The molecule has 1 fully saturated rings. The molecule has 1 atom stereocenters. The third-order valence-electron chi connectivity index (χ3n) is 3.92. The Morgan fingerprint density at radius 3 is 2.81 bits per heavy atom. The first kappa shape index (κ1) is 12.2. The second kappa shape index (κ2) is 4.20. The fourth-order valence-electron chi connectivity index (χ4n) is 2.85. The van der Waals surface area contributed by atoms with Crippen LogP contribution in [-0.4, -0.2) is 39.1 Å². The average Bonchev–Trinajstić information content (AvgIpc) is 2.87. The highest BCUT2D eigenvalue weighted by atomic mass is 16.3. The molecule has 0 amide bonds. The smallest absolute Gasteiger partial charge is 0.206 e. The molecule has 1 aromatic heterocycles. The van der Waals surface area contributed by atoms with Crippen LogP contribution < -0.4 is 4.90 Å². The van der Waals surface area contributed by atoms with Gasteiger partial charge in [0.2, 0.25) is 5.78 Å². The van der Waals surface area contributed by atoms with Crippen LogP contribution in [0, 0.1) is 0 Å². The van der Waals surface area contributed by atoms with E-state index in [1.54, 1.807) is 6.07 Å². The Hall–Kier alpha value is -2.60. The predicted octanol–water partition coefficient (Wildman–Crippen LogP) is 1.34. The zero-order valence-corrected chi connectivity index (χ0v) is 11.1. The number of carbonyl (C=O) groups excluding carboxylic acids is 1. The number of ketones is 1. The lowest BCUT2D eigenvalue weighted by Crippen LogP contribution is -2.48. The van der Waals surface area contributed by atoms with E-state index in [1.165, 1.54) is 6.20 Å². The topological polar surface area (TPSA) is 78.7 Å². The quantitative estimate of drug-likeness (QED) is 0.853. The lowest BCUT2D eigenvalue weighted by atomic mass is 9.89. The summed E-state index contributed by atoms with van der Waals surface area (Å²) in [5, 5.41) is 18.4. The van der Waals surface area contributed by atoms with Gasteiger partial charge in [0.05, 0.1) is 11.8 Å². The molecule has 2 aromatic rings. The maximum absolute atomic E-state index is 12.6. The second-order valence-corrected chi connectivity index (χ2v) is 5.13. The maximum atomic E-state index is 12.6. The largest absolute Gasteiger partial charge is 0.374 e. The molecule has 21 heavy (non-hydrogen) atoms. The number of aromatic nitrogens is 2. The van der Waals surface area contributed by atoms with Crippen LogP contribution in [0.2, 0.25) is 0 Å². The van der Waals surface area contributed by atoms with Crippen LogP contribution in [0.3, 0.4) is 0 Å². The van der Waals surface area contributed by atoms with Crippen LogP contribution in [0.15, 0.2) is 47.6 Å². The van der Waals surface area contributed by atoms with Crippen molar-refractivity contribution in [2.45, 2.75) is 12.0 Å². The van der Waals surface area contributed by atoms with Gasteiger partial charge in [-0.15, -0.1) is 5.10 Å². The van der Waals surface area contributed by atoms with Crippen molar-refractivity contribution in [2.24, 2.45) is 4.99 Å². The summed E-state index contributed by atoms with van der Waals surface area (Å²) in [6.07, 6.45) is 1.76. The lowest BCUT2D eigenvalue weighted by molar-refractivity contribution is 0.0601. The fourth-order valence-corrected chi connectivity index (χ4v) is 2.85. The molecule has 0 bridgehead atoms. The van der Waals surface area contributed by atoms with Crippen LogP contribution >= 0.6 is 0 Å². The minimum Gasteiger partial charge on any atom is -0.374 e. The van der Waals surface area contributed by atoms with Gasteiger partial charge in [-0.2, -0.15) is 5.10 Å². The Bertz CT molecular complexity index is 759.